The topological polar surface area (TPSA) is 97.0 Å². The molecule has 1 aromatic carbocycles. The van der Waals surface area contributed by atoms with E-state index in [0.29, 0.717) is 18.4 Å². The summed E-state index contributed by atoms with van der Waals surface area (Å²) in [5.74, 6) is 1.88. The van der Waals surface area contributed by atoms with Gasteiger partial charge in [-0.15, -0.1) is 0 Å². The van der Waals surface area contributed by atoms with Gasteiger partial charge in [0.1, 0.15) is 0 Å². The van der Waals surface area contributed by atoms with E-state index in [1.807, 2.05) is 39.8 Å². The summed E-state index contributed by atoms with van der Waals surface area (Å²) in [5, 5.41) is 19.6. The first kappa shape index (κ1) is 19.4. The molecule has 164 valence electrons. The lowest BCUT2D eigenvalue weighted by atomic mass is 9.76. The van der Waals surface area contributed by atoms with Crippen molar-refractivity contribution in [1.82, 2.24) is 40.0 Å². The van der Waals surface area contributed by atoms with Crippen LogP contribution in [0, 0.1) is 0 Å². The van der Waals surface area contributed by atoms with Gasteiger partial charge in [0.2, 0.25) is 5.95 Å². The van der Waals surface area contributed by atoms with E-state index in [1.165, 1.54) is 0 Å². The molecule has 32 heavy (non-hydrogen) atoms. The number of hydrogen-bond acceptors (Lipinski definition) is 7. The van der Waals surface area contributed by atoms with Crippen molar-refractivity contribution in [2.75, 3.05) is 18.4 Å². The van der Waals surface area contributed by atoms with Gasteiger partial charge in [-0.05, 0) is 30.0 Å². The molecule has 5 heterocycles. The van der Waals surface area contributed by atoms with Crippen LogP contribution in [-0.2, 0) is 6.54 Å². The summed E-state index contributed by atoms with van der Waals surface area (Å²) in [6.07, 6.45) is 6.71. The Hall–Kier alpha value is -3.30. The first-order valence-electron chi connectivity index (χ1n) is 11.2. The Morgan fingerprint density at radius 3 is 2.72 bits per heavy atom. The fourth-order valence-electron chi connectivity index (χ4n) is 4.63. The van der Waals surface area contributed by atoms with Crippen LogP contribution >= 0.6 is 0 Å². The van der Waals surface area contributed by atoms with Gasteiger partial charge in [-0.3, -0.25) is 5.32 Å². The summed E-state index contributed by atoms with van der Waals surface area (Å²) in [6, 6.07) is 10.3. The van der Waals surface area contributed by atoms with Crippen molar-refractivity contribution in [2.45, 2.75) is 44.3 Å². The molecule has 2 fully saturated rings. The fourth-order valence-corrected chi connectivity index (χ4v) is 4.63. The van der Waals surface area contributed by atoms with E-state index >= 15 is 0 Å². The zero-order valence-electron chi connectivity index (χ0n) is 18.3. The molecule has 0 amide bonds. The van der Waals surface area contributed by atoms with Crippen molar-refractivity contribution < 1.29 is 0 Å². The van der Waals surface area contributed by atoms with Gasteiger partial charge >= 0.3 is 0 Å². The molecule has 2 saturated heterocycles. The number of nitrogens with zero attached hydrogens (tertiary/aromatic N) is 6. The number of fused-ring (bicyclic) bond motifs is 1. The highest BCUT2D eigenvalue weighted by atomic mass is 15.4. The first-order chi connectivity index (χ1) is 15.6. The van der Waals surface area contributed by atoms with E-state index in [1.54, 1.807) is 6.20 Å². The van der Waals surface area contributed by atoms with Gasteiger partial charge in [0, 0.05) is 43.1 Å². The molecule has 0 radical (unpaired) electrons. The second-order valence-corrected chi connectivity index (χ2v) is 9.11. The number of hydrogen-bond donors (Lipinski definition) is 3. The minimum absolute atomic E-state index is 0.175. The van der Waals surface area contributed by atoms with E-state index in [9.17, 15) is 0 Å². The summed E-state index contributed by atoms with van der Waals surface area (Å²) in [6.45, 7) is 6.98. The lowest BCUT2D eigenvalue weighted by molar-refractivity contribution is 0.0706. The minimum Gasteiger partial charge on any atom is -0.350 e. The summed E-state index contributed by atoms with van der Waals surface area (Å²) in [5.41, 5.74) is 4.41. The van der Waals surface area contributed by atoms with Gasteiger partial charge in [0.05, 0.1) is 17.9 Å². The smallest absolute Gasteiger partial charge is 0.227 e. The van der Waals surface area contributed by atoms with Crippen molar-refractivity contribution in [3.8, 4) is 5.69 Å². The van der Waals surface area contributed by atoms with E-state index < -0.39 is 0 Å². The molecule has 0 saturated carbocycles. The minimum atomic E-state index is 0.175. The number of para-hydroxylation sites is 1. The number of anilines is 1. The third kappa shape index (κ3) is 3.16. The van der Waals surface area contributed by atoms with Gasteiger partial charge in [0.15, 0.2) is 11.5 Å². The standard InChI is InChI=1S/C23H27N9/c1-15(2)17-12-27-32-21(17)28-20(18-10-23(30-18)13-24-14-23)29-22(32)25-11-16-6-3-4-7-19(16)31-9-5-8-26-31/h3-9,12,15,18,24,30H,10-11,13-14H2,1-2H3,(H,25,28,29). The van der Waals surface area contributed by atoms with Crippen molar-refractivity contribution in [2.24, 2.45) is 0 Å². The molecule has 3 aromatic heterocycles. The zero-order valence-corrected chi connectivity index (χ0v) is 18.3. The summed E-state index contributed by atoms with van der Waals surface area (Å²) >= 11 is 0. The molecule has 0 bridgehead atoms. The van der Waals surface area contributed by atoms with Crippen LogP contribution in [0.1, 0.15) is 49.2 Å². The lowest BCUT2D eigenvalue weighted by Gasteiger charge is -2.54. The molecular weight excluding hydrogens is 402 g/mol. The monoisotopic (exact) mass is 429 g/mol. The highest BCUT2D eigenvalue weighted by Crippen LogP contribution is 2.37. The van der Waals surface area contributed by atoms with E-state index in [-0.39, 0.29) is 11.6 Å². The number of rotatable bonds is 6. The molecule has 4 aromatic rings. The maximum absolute atomic E-state index is 4.93. The van der Waals surface area contributed by atoms with Crippen LogP contribution in [0.3, 0.4) is 0 Å². The highest BCUT2D eigenvalue weighted by molar-refractivity contribution is 5.53. The second kappa shape index (κ2) is 7.39. The van der Waals surface area contributed by atoms with Crippen LogP contribution in [0.25, 0.3) is 11.3 Å². The van der Waals surface area contributed by atoms with E-state index in [4.69, 9.17) is 9.97 Å². The zero-order chi connectivity index (χ0) is 21.7. The Balaban J connectivity index is 1.33. The maximum atomic E-state index is 4.93. The molecular formula is C23H27N9. The Morgan fingerprint density at radius 1 is 1.16 bits per heavy atom. The lowest BCUT2D eigenvalue weighted by Crippen LogP contribution is -2.75. The molecule has 2 aliphatic rings. The Labute approximate surface area is 186 Å². The molecule has 9 heteroatoms. The Bertz CT molecular complexity index is 1250. The predicted molar refractivity (Wildman–Crippen MR) is 122 cm³/mol. The van der Waals surface area contributed by atoms with Crippen molar-refractivity contribution in [1.29, 1.82) is 0 Å². The van der Waals surface area contributed by atoms with Crippen LogP contribution in [-0.4, -0.2) is 48.0 Å². The summed E-state index contributed by atoms with van der Waals surface area (Å²) in [7, 11) is 0. The van der Waals surface area contributed by atoms with Crippen LogP contribution < -0.4 is 16.0 Å². The summed E-state index contributed by atoms with van der Waals surface area (Å²) in [4.78, 5) is 9.83. The van der Waals surface area contributed by atoms with E-state index in [2.05, 4.69) is 52.1 Å². The third-order valence-corrected chi connectivity index (χ3v) is 6.53. The molecule has 0 aliphatic carbocycles. The summed E-state index contributed by atoms with van der Waals surface area (Å²) < 4.78 is 3.71. The van der Waals surface area contributed by atoms with Gasteiger partial charge in [-0.1, -0.05) is 32.0 Å². The molecule has 6 rings (SSSR count). The molecule has 1 unspecified atom stereocenters. The maximum Gasteiger partial charge on any atom is 0.227 e. The van der Waals surface area contributed by atoms with Gasteiger partial charge < -0.3 is 10.6 Å². The average Bonchev–Trinajstić information content (AvgIpc) is 3.40. The van der Waals surface area contributed by atoms with E-state index in [0.717, 1.165) is 47.8 Å². The first-order valence-corrected chi connectivity index (χ1v) is 11.2. The fraction of sp³-hybridized carbons (Fsp3) is 0.391. The van der Waals surface area contributed by atoms with Crippen molar-refractivity contribution in [3.05, 3.63) is 65.9 Å². The largest absolute Gasteiger partial charge is 0.350 e. The van der Waals surface area contributed by atoms with Gasteiger partial charge in [-0.2, -0.15) is 19.7 Å². The highest BCUT2D eigenvalue weighted by Gasteiger charge is 2.49. The average molecular weight is 430 g/mol. The number of nitrogens with one attached hydrogen (secondary N) is 3. The molecule has 3 N–H and O–H groups in total. The molecule has 9 nitrogen and oxygen atoms in total. The van der Waals surface area contributed by atoms with Crippen molar-refractivity contribution >= 4 is 11.6 Å². The third-order valence-electron chi connectivity index (χ3n) is 6.53. The normalized spacial score (nSPS) is 19.3. The van der Waals surface area contributed by atoms with Crippen LogP contribution in [0.4, 0.5) is 5.95 Å². The Morgan fingerprint density at radius 2 is 2.00 bits per heavy atom. The van der Waals surface area contributed by atoms with Gasteiger partial charge in [-0.25, -0.2) is 9.67 Å². The number of benzene rings is 1. The van der Waals surface area contributed by atoms with Crippen LogP contribution in [0.15, 0.2) is 48.9 Å². The van der Waals surface area contributed by atoms with Crippen LogP contribution in [0.2, 0.25) is 0 Å². The predicted octanol–water partition coefficient (Wildman–Crippen LogP) is 2.42. The molecule has 1 atom stereocenters. The quantitative estimate of drug-likeness (QED) is 0.433. The second-order valence-electron chi connectivity index (χ2n) is 9.11. The van der Waals surface area contributed by atoms with Gasteiger partial charge in [0.25, 0.3) is 0 Å². The number of aromatic nitrogens is 6. The molecule has 2 aliphatic heterocycles. The SMILES string of the molecule is CC(C)c1cnn2c(NCc3ccccc3-n3cccn3)nc(C3CC4(CNC4)N3)nc12. The van der Waals surface area contributed by atoms with Crippen molar-refractivity contribution in [3.63, 3.8) is 0 Å². The molecule has 1 spiro atoms. The van der Waals surface area contributed by atoms with Crippen LogP contribution in [0.5, 0.6) is 0 Å². The Kier molecular flexibility index (Phi) is 4.48.